The van der Waals surface area contributed by atoms with E-state index in [0.29, 0.717) is 11.6 Å². The van der Waals surface area contributed by atoms with Crippen LogP contribution in [0.3, 0.4) is 0 Å². The Bertz CT molecular complexity index is 1060. The number of hydrogen-bond acceptors (Lipinski definition) is 4. The highest BCUT2D eigenvalue weighted by molar-refractivity contribution is 6.08. The molecule has 0 radical (unpaired) electrons. The van der Waals surface area contributed by atoms with Gasteiger partial charge in [-0.05, 0) is 29.8 Å². The molecule has 2 aromatic carbocycles. The van der Waals surface area contributed by atoms with Crippen LogP contribution in [0.5, 0.6) is 11.5 Å². The van der Waals surface area contributed by atoms with Crippen molar-refractivity contribution in [3.8, 4) is 11.5 Å². The first-order valence-electron chi connectivity index (χ1n) is 8.66. The van der Waals surface area contributed by atoms with Crippen molar-refractivity contribution in [1.82, 2.24) is 4.90 Å². The molecule has 30 heavy (non-hydrogen) atoms. The van der Waals surface area contributed by atoms with Crippen LogP contribution >= 0.6 is 0 Å². The number of halogens is 5. The molecule has 6 nitrogen and oxygen atoms in total. The minimum atomic E-state index is -3.83. The highest BCUT2D eigenvalue weighted by Gasteiger charge is 2.47. The minimum Gasteiger partial charge on any atom is -0.395 e. The molecular weight excluding hydrogens is 415 g/mol. The Labute approximate surface area is 166 Å². The smallest absolute Gasteiger partial charge is 0.395 e. The van der Waals surface area contributed by atoms with Gasteiger partial charge in [-0.1, -0.05) is 6.07 Å². The van der Waals surface area contributed by atoms with Gasteiger partial charge in [-0.15, -0.1) is 8.78 Å². The summed E-state index contributed by atoms with van der Waals surface area (Å²) >= 11 is 0. The van der Waals surface area contributed by atoms with Gasteiger partial charge in [-0.3, -0.25) is 9.59 Å². The Kier molecular flexibility index (Phi) is 4.55. The van der Waals surface area contributed by atoms with E-state index in [9.17, 15) is 31.5 Å². The quantitative estimate of drug-likeness (QED) is 0.463. The molecule has 1 saturated heterocycles. The molecule has 2 aromatic rings. The SMILES string of the molecule is CN1C[C@H](c2ccc3c(c2)OC(F)(F)O3)[C@@H](C(=O)Nc2ccc(F)c(F)c2F)C1=O. The van der Waals surface area contributed by atoms with Crippen LogP contribution in [-0.4, -0.2) is 36.6 Å². The molecular formula is C19H13F5N2O4. The summed E-state index contributed by atoms with van der Waals surface area (Å²) in [5.74, 6) is -8.98. The van der Waals surface area contributed by atoms with E-state index in [4.69, 9.17) is 0 Å². The topological polar surface area (TPSA) is 67.9 Å². The second kappa shape index (κ2) is 6.85. The second-order valence-corrected chi connectivity index (χ2v) is 6.89. The fraction of sp³-hybridized carbons (Fsp3) is 0.263. The van der Waals surface area contributed by atoms with Gasteiger partial charge in [0.05, 0.1) is 5.69 Å². The number of anilines is 1. The van der Waals surface area contributed by atoms with Crippen LogP contribution in [0.2, 0.25) is 0 Å². The molecule has 2 heterocycles. The Morgan fingerprint density at radius 2 is 1.80 bits per heavy atom. The van der Waals surface area contributed by atoms with Gasteiger partial charge in [0.1, 0.15) is 5.92 Å². The van der Waals surface area contributed by atoms with Crippen molar-refractivity contribution >= 4 is 17.5 Å². The van der Waals surface area contributed by atoms with Crippen LogP contribution in [0.15, 0.2) is 30.3 Å². The maximum absolute atomic E-state index is 13.9. The number of fused-ring (bicyclic) bond motifs is 1. The lowest BCUT2D eigenvalue weighted by atomic mass is 9.87. The van der Waals surface area contributed by atoms with Gasteiger partial charge in [0.15, 0.2) is 29.0 Å². The lowest BCUT2D eigenvalue weighted by Gasteiger charge is -2.17. The zero-order chi connectivity index (χ0) is 21.8. The third kappa shape index (κ3) is 3.29. The van der Waals surface area contributed by atoms with E-state index in [-0.39, 0.29) is 18.0 Å². The number of rotatable bonds is 3. The number of benzene rings is 2. The molecule has 0 unspecified atom stereocenters. The minimum absolute atomic E-state index is 0.0627. The molecule has 1 N–H and O–H groups in total. The lowest BCUT2D eigenvalue weighted by molar-refractivity contribution is -0.286. The van der Waals surface area contributed by atoms with Gasteiger partial charge in [-0.2, -0.15) is 0 Å². The molecule has 0 aromatic heterocycles. The zero-order valence-electron chi connectivity index (χ0n) is 15.2. The van der Waals surface area contributed by atoms with Gasteiger partial charge < -0.3 is 19.7 Å². The average molecular weight is 428 g/mol. The molecule has 158 valence electrons. The number of hydrogen-bond donors (Lipinski definition) is 1. The lowest BCUT2D eigenvalue weighted by Crippen LogP contribution is -2.33. The van der Waals surface area contributed by atoms with E-state index < -0.39 is 53.1 Å². The first-order valence-corrected chi connectivity index (χ1v) is 8.66. The van der Waals surface area contributed by atoms with Crippen molar-refractivity contribution in [3.63, 3.8) is 0 Å². The Morgan fingerprint density at radius 1 is 1.10 bits per heavy atom. The first-order chi connectivity index (χ1) is 14.1. The molecule has 0 aliphatic carbocycles. The van der Waals surface area contributed by atoms with Crippen molar-refractivity contribution < 1.29 is 41.0 Å². The summed E-state index contributed by atoms with van der Waals surface area (Å²) in [4.78, 5) is 26.5. The normalized spacial score (nSPS) is 21.8. The predicted octanol–water partition coefficient (Wildman–Crippen LogP) is 3.24. The number of ether oxygens (including phenoxy) is 2. The van der Waals surface area contributed by atoms with Gasteiger partial charge in [0.2, 0.25) is 11.8 Å². The van der Waals surface area contributed by atoms with Crippen molar-refractivity contribution in [1.29, 1.82) is 0 Å². The maximum Gasteiger partial charge on any atom is 0.586 e. The Hall–Kier alpha value is -3.37. The summed E-state index contributed by atoms with van der Waals surface area (Å²) < 4.78 is 75.6. The summed E-state index contributed by atoms with van der Waals surface area (Å²) in [6.07, 6.45) is -3.83. The molecule has 0 bridgehead atoms. The average Bonchev–Trinajstić information content (AvgIpc) is 3.15. The maximum atomic E-state index is 13.9. The van der Waals surface area contributed by atoms with Crippen LogP contribution < -0.4 is 14.8 Å². The highest BCUT2D eigenvalue weighted by atomic mass is 19.3. The van der Waals surface area contributed by atoms with Crippen molar-refractivity contribution in [2.24, 2.45) is 5.92 Å². The van der Waals surface area contributed by atoms with E-state index in [0.717, 1.165) is 6.07 Å². The number of amides is 2. The van der Waals surface area contributed by atoms with E-state index in [2.05, 4.69) is 14.8 Å². The van der Waals surface area contributed by atoms with Crippen molar-refractivity contribution in [2.75, 3.05) is 18.9 Å². The summed E-state index contributed by atoms with van der Waals surface area (Å²) in [7, 11) is 1.43. The van der Waals surface area contributed by atoms with Crippen molar-refractivity contribution in [2.45, 2.75) is 12.2 Å². The largest absolute Gasteiger partial charge is 0.586 e. The molecule has 2 aliphatic heterocycles. The van der Waals surface area contributed by atoms with Gasteiger partial charge in [0.25, 0.3) is 0 Å². The van der Waals surface area contributed by atoms with E-state index in [1.54, 1.807) is 0 Å². The monoisotopic (exact) mass is 428 g/mol. The molecule has 0 saturated carbocycles. The van der Waals surface area contributed by atoms with Crippen LogP contribution in [0.1, 0.15) is 11.5 Å². The summed E-state index contributed by atoms with van der Waals surface area (Å²) in [5, 5.41) is 2.09. The van der Waals surface area contributed by atoms with Crippen LogP contribution in [0, 0.1) is 23.4 Å². The second-order valence-electron chi connectivity index (χ2n) is 6.89. The first kappa shape index (κ1) is 19.9. The zero-order valence-corrected chi connectivity index (χ0v) is 15.2. The van der Waals surface area contributed by atoms with E-state index in [1.165, 1.54) is 30.1 Å². The third-order valence-electron chi connectivity index (χ3n) is 4.94. The number of nitrogens with one attached hydrogen (secondary N) is 1. The third-order valence-corrected chi connectivity index (χ3v) is 4.94. The van der Waals surface area contributed by atoms with Gasteiger partial charge in [-0.25, -0.2) is 13.2 Å². The predicted molar refractivity (Wildman–Crippen MR) is 91.5 cm³/mol. The van der Waals surface area contributed by atoms with Gasteiger partial charge >= 0.3 is 6.29 Å². The summed E-state index contributed by atoms with van der Waals surface area (Å²) in [5.41, 5.74) is -0.302. The van der Waals surface area contributed by atoms with Crippen LogP contribution in [-0.2, 0) is 9.59 Å². The number of alkyl halides is 2. The van der Waals surface area contributed by atoms with Crippen LogP contribution in [0.25, 0.3) is 0 Å². The standard InChI is InChI=1S/C19H13F5N2O4/c1-26-7-9(8-2-5-12-13(6-8)30-19(23,24)29-12)14(18(26)28)17(27)25-11-4-3-10(20)15(21)16(11)22/h2-6,9,14H,7H2,1H3,(H,25,27)/t9-,14+/m1/s1. The van der Waals surface area contributed by atoms with E-state index >= 15 is 0 Å². The molecule has 4 rings (SSSR count). The number of carbonyl (C=O) groups excluding carboxylic acids is 2. The summed E-state index contributed by atoms with van der Waals surface area (Å²) in [6, 6.07) is 5.31. The van der Waals surface area contributed by atoms with Gasteiger partial charge in [0, 0.05) is 19.5 Å². The number of likely N-dealkylation sites (tertiary alicyclic amines) is 1. The number of nitrogens with zero attached hydrogens (tertiary/aromatic N) is 1. The molecule has 2 aliphatic rings. The van der Waals surface area contributed by atoms with E-state index in [1.807, 2.05) is 0 Å². The number of likely N-dealkylation sites (N-methyl/N-ethyl adjacent to an activating group) is 1. The molecule has 11 heteroatoms. The Balaban J connectivity index is 1.63. The van der Waals surface area contributed by atoms with Crippen molar-refractivity contribution in [3.05, 3.63) is 53.3 Å². The highest BCUT2D eigenvalue weighted by Crippen LogP contribution is 2.44. The molecule has 2 amide bonds. The fourth-order valence-corrected chi connectivity index (χ4v) is 3.52. The summed E-state index contributed by atoms with van der Waals surface area (Å²) in [6.45, 7) is 0.0627. The molecule has 0 spiro atoms. The molecule has 2 atom stereocenters. The van der Waals surface area contributed by atoms with Crippen LogP contribution in [0.4, 0.5) is 27.6 Å². The molecule has 1 fully saturated rings. The fourth-order valence-electron chi connectivity index (χ4n) is 3.52. The number of carbonyl (C=O) groups is 2. The Morgan fingerprint density at radius 3 is 2.53 bits per heavy atom.